The first kappa shape index (κ1) is 13.5. The van der Waals surface area contributed by atoms with Gasteiger partial charge in [-0.15, -0.1) is 0 Å². The molecule has 0 fully saturated rings. The Balaban J connectivity index is 2.49. The number of alkyl halides is 3. The third-order valence-corrected chi connectivity index (χ3v) is 2.36. The first-order chi connectivity index (χ1) is 7.93. The summed E-state index contributed by atoms with van der Waals surface area (Å²) in [5.74, 6) is -0.308. The highest BCUT2D eigenvalue weighted by atomic mass is 19.4. The number of halogens is 3. The molecule has 5 heteroatoms. The Labute approximate surface area is 97.4 Å². The molecule has 0 aliphatic carbocycles. The van der Waals surface area contributed by atoms with Crippen molar-refractivity contribution in [2.45, 2.75) is 25.4 Å². The van der Waals surface area contributed by atoms with E-state index in [-0.39, 0.29) is 12.4 Å². The Morgan fingerprint density at radius 2 is 1.82 bits per heavy atom. The van der Waals surface area contributed by atoms with Crippen LogP contribution in [-0.2, 0) is 22.1 Å². The number of rotatable bonds is 4. The van der Waals surface area contributed by atoms with Crippen molar-refractivity contribution < 1.29 is 22.7 Å². The fraction of sp³-hybridized carbons (Fsp3) is 0.417. The number of carbonyl (C=O) groups excluding carboxylic acids is 1. The van der Waals surface area contributed by atoms with Gasteiger partial charge in [-0.05, 0) is 30.5 Å². The zero-order chi connectivity index (χ0) is 12.9. The van der Waals surface area contributed by atoms with Gasteiger partial charge >= 0.3 is 12.1 Å². The molecule has 1 rings (SSSR count). The normalized spacial score (nSPS) is 11.3. The fourth-order valence-corrected chi connectivity index (χ4v) is 1.40. The second-order valence-electron chi connectivity index (χ2n) is 3.62. The predicted molar refractivity (Wildman–Crippen MR) is 56.4 cm³/mol. The van der Waals surface area contributed by atoms with Crippen LogP contribution in [-0.4, -0.2) is 13.1 Å². The van der Waals surface area contributed by atoms with Crippen molar-refractivity contribution in [1.82, 2.24) is 0 Å². The van der Waals surface area contributed by atoms with Crippen LogP contribution in [0, 0.1) is 0 Å². The average molecular weight is 246 g/mol. The molecule has 0 saturated heterocycles. The molecule has 0 aliphatic rings. The summed E-state index contributed by atoms with van der Waals surface area (Å²) in [5.41, 5.74) is 0.121. The van der Waals surface area contributed by atoms with Crippen molar-refractivity contribution in [3.63, 3.8) is 0 Å². The second kappa shape index (κ2) is 5.70. The van der Waals surface area contributed by atoms with Crippen LogP contribution < -0.4 is 0 Å². The number of methoxy groups -OCH3 is 1. The largest absolute Gasteiger partial charge is 0.469 e. The smallest absolute Gasteiger partial charge is 0.416 e. The number of hydrogen-bond acceptors (Lipinski definition) is 2. The van der Waals surface area contributed by atoms with Crippen LogP contribution in [0.2, 0.25) is 0 Å². The first-order valence-corrected chi connectivity index (χ1v) is 5.16. The van der Waals surface area contributed by atoms with Crippen LogP contribution >= 0.6 is 0 Å². The molecule has 0 N–H and O–H groups in total. The summed E-state index contributed by atoms with van der Waals surface area (Å²) in [4.78, 5) is 10.8. The van der Waals surface area contributed by atoms with Crippen LogP contribution in [0.3, 0.4) is 0 Å². The maximum atomic E-state index is 12.3. The first-order valence-electron chi connectivity index (χ1n) is 5.16. The minimum absolute atomic E-state index is 0.275. The molecule has 0 heterocycles. The Hall–Kier alpha value is -1.52. The van der Waals surface area contributed by atoms with Gasteiger partial charge in [0.1, 0.15) is 0 Å². The van der Waals surface area contributed by atoms with Gasteiger partial charge in [-0.25, -0.2) is 0 Å². The van der Waals surface area contributed by atoms with E-state index in [1.165, 1.54) is 19.2 Å². The summed E-state index contributed by atoms with van der Waals surface area (Å²) in [5, 5.41) is 0. The molecule has 94 valence electrons. The SMILES string of the molecule is COC(=O)CCCc1ccc(C(F)(F)F)cc1. The highest BCUT2D eigenvalue weighted by Gasteiger charge is 2.29. The number of esters is 1. The van der Waals surface area contributed by atoms with Gasteiger partial charge in [0.05, 0.1) is 12.7 Å². The molecule has 0 radical (unpaired) electrons. The lowest BCUT2D eigenvalue weighted by Crippen LogP contribution is -2.04. The summed E-state index contributed by atoms with van der Waals surface area (Å²) in [7, 11) is 1.31. The van der Waals surface area contributed by atoms with Gasteiger partial charge in [0.25, 0.3) is 0 Å². The molecule has 1 aromatic carbocycles. The van der Waals surface area contributed by atoms with Crippen molar-refractivity contribution in [3.8, 4) is 0 Å². The Morgan fingerprint density at radius 1 is 1.24 bits per heavy atom. The predicted octanol–water partition coefficient (Wildman–Crippen LogP) is 3.20. The van der Waals surface area contributed by atoms with Crippen molar-refractivity contribution in [3.05, 3.63) is 35.4 Å². The summed E-state index contributed by atoms with van der Waals surface area (Å²) < 4.78 is 41.3. The van der Waals surface area contributed by atoms with E-state index in [9.17, 15) is 18.0 Å². The third kappa shape index (κ3) is 4.46. The van der Waals surface area contributed by atoms with E-state index in [0.29, 0.717) is 12.8 Å². The second-order valence-corrected chi connectivity index (χ2v) is 3.62. The molecule has 2 nitrogen and oxygen atoms in total. The molecule has 0 unspecified atom stereocenters. The van der Waals surface area contributed by atoms with Crippen molar-refractivity contribution >= 4 is 5.97 Å². The molecule has 0 saturated carbocycles. The van der Waals surface area contributed by atoms with Crippen LogP contribution in [0.25, 0.3) is 0 Å². The summed E-state index contributed by atoms with van der Waals surface area (Å²) in [6.07, 6.45) is -2.90. The minimum atomic E-state index is -4.30. The average Bonchev–Trinajstić information content (AvgIpc) is 2.28. The van der Waals surface area contributed by atoms with Crippen LogP contribution in [0.5, 0.6) is 0 Å². The van der Waals surface area contributed by atoms with Gasteiger partial charge in [0.2, 0.25) is 0 Å². The maximum absolute atomic E-state index is 12.3. The van der Waals surface area contributed by atoms with E-state index in [2.05, 4.69) is 4.74 Å². The lowest BCUT2D eigenvalue weighted by molar-refractivity contribution is -0.140. The lowest BCUT2D eigenvalue weighted by Gasteiger charge is -2.07. The van der Waals surface area contributed by atoms with E-state index in [4.69, 9.17) is 0 Å². The molecule has 0 amide bonds. The highest BCUT2D eigenvalue weighted by molar-refractivity contribution is 5.69. The number of ether oxygens (including phenoxy) is 1. The van der Waals surface area contributed by atoms with Crippen molar-refractivity contribution in [2.75, 3.05) is 7.11 Å². The Bertz CT molecular complexity index is 368. The summed E-state index contributed by atoms with van der Waals surface area (Å²) in [6.45, 7) is 0. The highest BCUT2D eigenvalue weighted by Crippen LogP contribution is 2.29. The molecule has 0 aromatic heterocycles. The molecular formula is C12H13F3O2. The molecular weight excluding hydrogens is 233 g/mol. The van der Waals surface area contributed by atoms with Gasteiger partial charge in [-0.3, -0.25) is 4.79 Å². The van der Waals surface area contributed by atoms with Crippen molar-refractivity contribution in [2.24, 2.45) is 0 Å². The summed E-state index contributed by atoms with van der Waals surface area (Å²) >= 11 is 0. The van der Waals surface area contributed by atoms with Crippen molar-refractivity contribution in [1.29, 1.82) is 0 Å². The number of carbonyl (C=O) groups is 1. The zero-order valence-corrected chi connectivity index (χ0v) is 9.38. The fourth-order valence-electron chi connectivity index (χ4n) is 1.40. The van der Waals surface area contributed by atoms with Crippen LogP contribution in [0.4, 0.5) is 13.2 Å². The number of aryl methyl sites for hydroxylation is 1. The molecule has 1 aromatic rings. The molecule has 0 atom stereocenters. The molecule has 17 heavy (non-hydrogen) atoms. The van der Waals surface area contributed by atoms with E-state index in [1.807, 2.05) is 0 Å². The Morgan fingerprint density at radius 3 is 2.29 bits per heavy atom. The van der Waals surface area contributed by atoms with E-state index in [1.54, 1.807) is 0 Å². The van der Waals surface area contributed by atoms with Gasteiger partial charge in [0, 0.05) is 6.42 Å². The number of hydrogen-bond donors (Lipinski definition) is 0. The van der Waals surface area contributed by atoms with Gasteiger partial charge in [-0.1, -0.05) is 12.1 Å². The van der Waals surface area contributed by atoms with Crippen LogP contribution in [0.15, 0.2) is 24.3 Å². The van der Waals surface area contributed by atoms with Gasteiger partial charge < -0.3 is 4.74 Å². The molecule has 0 spiro atoms. The van der Waals surface area contributed by atoms with Crippen LogP contribution in [0.1, 0.15) is 24.0 Å². The van der Waals surface area contributed by atoms with Gasteiger partial charge in [-0.2, -0.15) is 13.2 Å². The van der Waals surface area contributed by atoms with E-state index in [0.717, 1.165) is 17.7 Å². The van der Waals surface area contributed by atoms with E-state index >= 15 is 0 Å². The summed E-state index contributed by atoms with van der Waals surface area (Å²) in [6, 6.07) is 4.96. The zero-order valence-electron chi connectivity index (χ0n) is 9.38. The quantitative estimate of drug-likeness (QED) is 0.762. The number of benzene rings is 1. The monoisotopic (exact) mass is 246 g/mol. The minimum Gasteiger partial charge on any atom is -0.469 e. The molecule has 0 aliphatic heterocycles. The van der Waals surface area contributed by atoms with E-state index < -0.39 is 11.7 Å². The lowest BCUT2D eigenvalue weighted by atomic mass is 10.1. The maximum Gasteiger partial charge on any atom is 0.416 e. The van der Waals surface area contributed by atoms with Gasteiger partial charge in [0.15, 0.2) is 0 Å². The standard InChI is InChI=1S/C12H13F3O2/c1-17-11(16)4-2-3-9-5-7-10(8-6-9)12(13,14)15/h5-8H,2-4H2,1H3. The Kier molecular flexibility index (Phi) is 4.54. The molecule has 0 bridgehead atoms. The third-order valence-electron chi connectivity index (χ3n) is 2.36. The topological polar surface area (TPSA) is 26.3 Å².